The standard InChI is InChI=1S/C16H21N3O3/c1-16(2,3)22-15(20)19-7-6-12(10-19)11-21-14-5-4-13(8-17)18-9-14/h4-5,9,12H,6-7,10-11H2,1-3H3. The Hall–Kier alpha value is -2.29. The van der Waals surface area contributed by atoms with Crippen LogP contribution in [0.2, 0.25) is 0 Å². The number of carbonyl (C=O) groups is 1. The van der Waals surface area contributed by atoms with E-state index in [0.717, 1.165) is 6.42 Å². The number of pyridine rings is 1. The van der Waals surface area contributed by atoms with Crippen molar-refractivity contribution >= 4 is 6.09 Å². The fourth-order valence-electron chi connectivity index (χ4n) is 2.21. The van der Waals surface area contributed by atoms with Gasteiger partial charge in [0.1, 0.15) is 23.1 Å². The average Bonchev–Trinajstić information content (AvgIpc) is 2.93. The lowest BCUT2D eigenvalue weighted by atomic mass is 10.1. The molecule has 6 nitrogen and oxygen atoms in total. The number of nitriles is 1. The zero-order valence-electron chi connectivity index (χ0n) is 13.2. The van der Waals surface area contributed by atoms with Crippen LogP contribution >= 0.6 is 0 Å². The Kier molecular flexibility index (Phi) is 4.86. The summed E-state index contributed by atoms with van der Waals surface area (Å²) in [5.41, 5.74) is -0.107. The number of ether oxygens (including phenoxy) is 2. The van der Waals surface area contributed by atoms with Crippen LogP contribution in [0.5, 0.6) is 5.75 Å². The van der Waals surface area contributed by atoms with E-state index in [1.165, 1.54) is 0 Å². The maximum absolute atomic E-state index is 12.0. The molecule has 2 rings (SSSR count). The first-order chi connectivity index (χ1) is 10.4. The van der Waals surface area contributed by atoms with Gasteiger partial charge in [-0.05, 0) is 39.3 Å². The molecule has 1 aliphatic rings. The van der Waals surface area contributed by atoms with Crippen LogP contribution < -0.4 is 4.74 Å². The van der Waals surface area contributed by atoms with Gasteiger partial charge < -0.3 is 14.4 Å². The van der Waals surface area contributed by atoms with Gasteiger partial charge in [-0.15, -0.1) is 0 Å². The van der Waals surface area contributed by atoms with E-state index in [1.807, 2.05) is 26.8 Å². The lowest BCUT2D eigenvalue weighted by molar-refractivity contribution is 0.0285. The quantitative estimate of drug-likeness (QED) is 0.858. The molecule has 1 aliphatic heterocycles. The summed E-state index contributed by atoms with van der Waals surface area (Å²) in [6.45, 7) is 7.43. The van der Waals surface area contributed by atoms with E-state index in [2.05, 4.69) is 4.98 Å². The van der Waals surface area contributed by atoms with Crippen LogP contribution in [0.3, 0.4) is 0 Å². The van der Waals surface area contributed by atoms with E-state index in [0.29, 0.717) is 31.1 Å². The van der Waals surface area contributed by atoms with E-state index >= 15 is 0 Å². The van der Waals surface area contributed by atoms with Crippen molar-refractivity contribution < 1.29 is 14.3 Å². The van der Waals surface area contributed by atoms with Crippen molar-refractivity contribution in [3.8, 4) is 11.8 Å². The Bertz CT molecular complexity index is 557. The van der Waals surface area contributed by atoms with Gasteiger partial charge in [-0.2, -0.15) is 5.26 Å². The SMILES string of the molecule is CC(C)(C)OC(=O)N1CCC(COc2ccc(C#N)nc2)C1. The summed E-state index contributed by atoms with van der Waals surface area (Å²) in [6.07, 6.45) is 2.16. The second kappa shape index (κ2) is 6.65. The minimum atomic E-state index is -0.472. The molecule has 0 aliphatic carbocycles. The summed E-state index contributed by atoms with van der Waals surface area (Å²) in [5, 5.41) is 8.69. The molecule has 6 heteroatoms. The third-order valence-corrected chi connectivity index (χ3v) is 3.27. The fourth-order valence-corrected chi connectivity index (χ4v) is 2.21. The first-order valence-corrected chi connectivity index (χ1v) is 7.34. The molecule has 2 heterocycles. The first-order valence-electron chi connectivity index (χ1n) is 7.34. The summed E-state index contributed by atoms with van der Waals surface area (Å²) in [4.78, 5) is 17.6. The topological polar surface area (TPSA) is 75.4 Å². The Morgan fingerprint density at radius 1 is 1.50 bits per heavy atom. The highest BCUT2D eigenvalue weighted by atomic mass is 16.6. The van der Waals surface area contributed by atoms with Gasteiger partial charge in [0.15, 0.2) is 0 Å². The molecule has 118 valence electrons. The molecule has 0 radical (unpaired) electrons. The molecule has 1 atom stereocenters. The van der Waals surface area contributed by atoms with E-state index in [9.17, 15) is 4.79 Å². The molecule has 1 fully saturated rings. The van der Waals surface area contributed by atoms with E-state index in [4.69, 9.17) is 14.7 Å². The highest BCUT2D eigenvalue weighted by Crippen LogP contribution is 2.20. The van der Waals surface area contributed by atoms with Crippen LogP contribution in [0.15, 0.2) is 18.3 Å². The monoisotopic (exact) mass is 303 g/mol. The van der Waals surface area contributed by atoms with Crippen molar-refractivity contribution in [2.75, 3.05) is 19.7 Å². The molecule has 0 bridgehead atoms. The molecule has 0 saturated carbocycles. The molecule has 0 N–H and O–H groups in total. The Morgan fingerprint density at radius 2 is 2.27 bits per heavy atom. The lowest BCUT2D eigenvalue weighted by Gasteiger charge is -2.24. The number of aromatic nitrogens is 1. The van der Waals surface area contributed by atoms with Crippen LogP contribution in [0, 0.1) is 17.2 Å². The molecule has 1 saturated heterocycles. The average molecular weight is 303 g/mol. The molecule has 0 spiro atoms. The minimum absolute atomic E-state index is 0.268. The van der Waals surface area contributed by atoms with Gasteiger partial charge in [-0.1, -0.05) is 0 Å². The van der Waals surface area contributed by atoms with Crippen molar-refractivity contribution in [1.29, 1.82) is 5.26 Å². The molecule has 1 aromatic rings. The van der Waals surface area contributed by atoms with Crippen LogP contribution in [-0.2, 0) is 4.74 Å². The molecule has 0 aromatic carbocycles. The van der Waals surface area contributed by atoms with Crippen molar-refractivity contribution in [3.05, 3.63) is 24.0 Å². The highest BCUT2D eigenvalue weighted by Gasteiger charge is 2.30. The highest BCUT2D eigenvalue weighted by molar-refractivity contribution is 5.68. The largest absolute Gasteiger partial charge is 0.492 e. The third-order valence-electron chi connectivity index (χ3n) is 3.27. The van der Waals surface area contributed by atoms with Crippen LogP contribution in [0.25, 0.3) is 0 Å². The van der Waals surface area contributed by atoms with Gasteiger partial charge in [0.25, 0.3) is 0 Å². The number of rotatable bonds is 3. The normalized spacial score (nSPS) is 17.9. The Labute approximate surface area is 130 Å². The number of hydrogen-bond donors (Lipinski definition) is 0. The van der Waals surface area contributed by atoms with Crippen molar-refractivity contribution in [3.63, 3.8) is 0 Å². The predicted octanol–water partition coefficient (Wildman–Crippen LogP) is 2.59. The summed E-state index contributed by atoms with van der Waals surface area (Å²) in [6, 6.07) is 5.31. The maximum Gasteiger partial charge on any atom is 0.410 e. The number of likely N-dealkylation sites (tertiary alicyclic amines) is 1. The van der Waals surface area contributed by atoms with Gasteiger partial charge in [-0.25, -0.2) is 9.78 Å². The smallest absolute Gasteiger partial charge is 0.410 e. The molecular formula is C16H21N3O3. The summed E-state index contributed by atoms with van der Waals surface area (Å²) in [5.74, 6) is 0.915. The molecular weight excluding hydrogens is 282 g/mol. The molecule has 1 amide bonds. The van der Waals surface area contributed by atoms with Crippen LogP contribution in [-0.4, -0.2) is 41.3 Å². The Balaban J connectivity index is 1.78. The van der Waals surface area contributed by atoms with E-state index < -0.39 is 5.60 Å². The van der Waals surface area contributed by atoms with Crippen LogP contribution in [0.4, 0.5) is 4.79 Å². The molecule has 1 unspecified atom stereocenters. The summed E-state index contributed by atoms with van der Waals surface area (Å²) >= 11 is 0. The zero-order chi connectivity index (χ0) is 16.2. The zero-order valence-corrected chi connectivity index (χ0v) is 13.2. The van der Waals surface area contributed by atoms with Gasteiger partial charge in [0, 0.05) is 19.0 Å². The molecule has 22 heavy (non-hydrogen) atoms. The fraction of sp³-hybridized carbons (Fsp3) is 0.562. The number of hydrogen-bond acceptors (Lipinski definition) is 5. The molecule has 1 aromatic heterocycles. The van der Waals surface area contributed by atoms with Crippen molar-refractivity contribution in [2.24, 2.45) is 5.92 Å². The van der Waals surface area contributed by atoms with E-state index in [-0.39, 0.29) is 12.0 Å². The maximum atomic E-state index is 12.0. The van der Waals surface area contributed by atoms with E-state index in [1.54, 1.807) is 23.2 Å². The van der Waals surface area contributed by atoms with Crippen molar-refractivity contribution in [1.82, 2.24) is 9.88 Å². The van der Waals surface area contributed by atoms with Gasteiger partial charge in [0.05, 0.1) is 12.8 Å². The second-order valence-corrected chi connectivity index (χ2v) is 6.38. The van der Waals surface area contributed by atoms with Gasteiger partial charge in [-0.3, -0.25) is 0 Å². The van der Waals surface area contributed by atoms with Crippen molar-refractivity contribution in [2.45, 2.75) is 32.8 Å². The first kappa shape index (κ1) is 16.1. The Morgan fingerprint density at radius 3 is 2.86 bits per heavy atom. The summed E-state index contributed by atoms with van der Waals surface area (Å²) < 4.78 is 11.0. The van der Waals surface area contributed by atoms with Gasteiger partial charge in [0.2, 0.25) is 0 Å². The minimum Gasteiger partial charge on any atom is -0.492 e. The van der Waals surface area contributed by atoms with Crippen LogP contribution in [0.1, 0.15) is 32.9 Å². The number of carbonyl (C=O) groups excluding carboxylic acids is 1. The number of nitrogens with zero attached hydrogens (tertiary/aromatic N) is 3. The lowest BCUT2D eigenvalue weighted by Crippen LogP contribution is -2.35. The predicted molar refractivity (Wildman–Crippen MR) is 80.4 cm³/mol. The summed E-state index contributed by atoms with van der Waals surface area (Å²) in [7, 11) is 0. The number of amides is 1. The second-order valence-electron chi connectivity index (χ2n) is 6.38. The van der Waals surface area contributed by atoms with Gasteiger partial charge >= 0.3 is 6.09 Å². The third kappa shape index (κ3) is 4.62.